The maximum Gasteiger partial charge on any atom is 0.186 e. The Morgan fingerprint density at radius 1 is 1.00 bits per heavy atom. The van der Waals surface area contributed by atoms with Crippen molar-refractivity contribution in [2.75, 3.05) is 13.1 Å². The van der Waals surface area contributed by atoms with E-state index in [2.05, 4.69) is 11.0 Å². The molecule has 0 unspecified atom stereocenters. The van der Waals surface area contributed by atoms with Crippen molar-refractivity contribution in [3.05, 3.63) is 33.3 Å². The van der Waals surface area contributed by atoms with E-state index in [1.165, 1.54) is 37.7 Å². The van der Waals surface area contributed by atoms with Gasteiger partial charge in [0.15, 0.2) is 5.72 Å². The van der Waals surface area contributed by atoms with Crippen LogP contribution in [-0.2, 0) is 0 Å². The van der Waals surface area contributed by atoms with Crippen LogP contribution in [0.3, 0.4) is 0 Å². The molecule has 2 nitrogen and oxygen atoms in total. The van der Waals surface area contributed by atoms with Gasteiger partial charge in [-0.3, -0.25) is 4.90 Å². The van der Waals surface area contributed by atoms with Gasteiger partial charge in [-0.15, -0.1) is 0 Å². The second-order valence-electron chi connectivity index (χ2n) is 6.62. The smallest absolute Gasteiger partial charge is 0.186 e. The topological polar surface area (TPSA) is 12.5 Å². The molecule has 2 fully saturated rings. The van der Waals surface area contributed by atoms with Crippen molar-refractivity contribution in [1.82, 2.24) is 4.90 Å². The van der Waals surface area contributed by atoms with Crippen LogP contribution in [0.25, 0.3) is 6.08 Å². The second kappa shape index (κ2) is 5.74. The van der Waals surface area contributed by atoms with E-state index < -0.39 is 0 Å². The Kier molecular flexibility index (Phi) is 3.88. The van der Waals surface area contributed by atoms with Crippen LogP contribution < -0.4 is 4.74 Å². The van der Waals surface area contributed by atoms with Gasteiger partial charge in [0.05, 0.1) is 5.02 Å². The summed E-state index contributed by atoms with van der Waals surface area (Å²) < 4.78 is 6.62. The first kappa shape index (κ1) is 14.9. The molecule has 0 bridgehead atoms. The molecule has 2 heterocycles. The first-order valence-corrected chi connectivity index (χ1v) is 9.09. The third-order valence-electron chi connectivity index (χ3n) is 5.22. The van der Waals surface area contributed by atoms with E-state index in [0.29, 0.717) is 10.0 Å². The molecule has 0 aromatic heterocycles. The van der Waals surface area contributed by atoms with E-state index >= 15 is 0 Å². The quantitative estimate of drug-likeness (QED) is 0.668. The van der Waals surface area contributed by atoms with Gasteiger partial charge in [-0.05, 0) is 55.9 Å². The molecular formula is C18H21Cl2NO. The minimum atomic E-state index is -0.261. The maximum atomic E-state index is 6.62. The molecule has 0 radical (unpaired) electrons. The highest BCUT2D eigenvalue weighted by Crippen LogP contribution is 2.49. The number of ether oxygens (including phenoxy) is 1. The lowest BCUT2D eigenvalue weighted by atomic mass is 9.81. The standard InChI is InChI=1S/C18H21Cl2NO/c19-15-11-13-10-14-6-2-3-7-18(14,21-8-4-1-5-9-21)22-17(13)16(20)12-15/h10-12H,1-9H2/t18-/m1/s1. The fraction of sp³-hybridized carbons (Fsp3) is 0.556. The molecule has 22 heavy (non-hydrogen) atoms. The molecule has 3 aliphatic rings. The van der Waals surface area contributed by atoms with Gasteiger partial charge >= 0.3 is 0 Å². The molecule has 1 aromatic carbocycles. The molecule has 0 spiro atoms. The van der Waals surface area contributed by atoms with Crippen LogP contribution in [0, 0.1) is 0 Å². The van der Waals surface area contributed by atoms with Crippen molar-refractivity contribution in [1.29, 1.82) is 0 Å². The molecule has 4 rings (SSSR count). The molecule has 118 valence electrons. The Morgan fingerprint density at radius 3 is 2.64 bits per heavy atom. The predicted molar refractivity (Wildman–Crippen MR) is 91.7 cm³/mol. The number of hydrogen-bond donors (Lipinski definition) is 0. The van der Waals surface area contributed by atoms with Gasteiger partial charge in [0, 0.05) is 30.1 Å². The lowest BCUT2D eigenvalue weighted by Gasteiger charge is -2.50. The Balaban J connectivity index is 1.80. The number of halogens is 2. The summed E-state index contributed by atoms with van der Waals surface area (Å²) in [5, 5.41) is 1.30. The maximum absolute atomic E-state index is 6.62. The van der Waals surface area contributed by atoms with Crippen molar-refractivity contribution >= 4 is 29.3 Å². The van der Waals surface area contributed by atoms with Gasteiger partial charge in [0.2, 0.25) is 0 Å². The summed E-state index contributed by atoms with van der Waals surface area (Å²) in [5.41, 5.74) is 2.18. The fourth-order valence-electron chi connectivity index (χ4n) is 4.17. The predicted octanol–water partition coefficient (Wildman–Crippen LogP) is 5.53. The zero-order valence-corrected chi connectivity index (χ0v) is 14.2. The van der Waals surface area contributed by atoms with Gasteiger partial charge in [0.25, 0.3) is 0 Å². The zero-order chi connectivity index (χ0) is 15.2. The Hall–Kier alpha value is -0.700. The number of benzene rings is 1. The van der Waals surface area contributed by atoms with Crippen molar-refractivity contribution in [3.63, 3.8) is 0 Å². The monoisotopic (exact) mass is 337 g/mol. The summed E-state index contributed by atoms with van der Waals surface area (Å²) in [5.74, 6) is 0.808. The largest absolute Gasteiger partial charge is 0.467 e. The summed E-state index contributed by atoms with van der Waals surface area (Å²) in [4.78, 5) is 2.55. The lowest BCUT2D eigenvalue weighted by Crippen LogP contribution is -2.58. The van der Waals surface area contributed by atoms with E-state index in [0.717, 1.165) is 37.2 Å². The van der Waals surface area contributed by atoms with Crippen LogP contribution in [-0.4, -0.2) is 23.7 Å². The molecule has 0 amide bonds. The van der Waals surface area contributed by atoms with E-state index in [9.17, 15) is 0 Å². The minimum Gasteiger partial charge on any atom is -0.467 e. The molecule has 0 N–H and O–H groups in total. The third-order valence-corrected chi connectivity index (χ3v) is 5.72. The van der Waals surface area contributed by atoms with E-state index in [1.807, 2.05) is 6.07 Å². The highest BCUT2D eigenvalue weighted by atomic mass is 35.5. The Bertz CT molecular complexity index is 622. The average Bonchev–Trinajstić information content (AvgIpc) is 2.54. The summed E-state index contributed by atoms with van der Waals surface area (Å²) in [6, 6.07) is 3.75. The molecule has 1 atom stereocenters. The molecular weight excluding hydrogens is 317 g/mol. The van der Waals surface area contributed by atoms with Crippen molar-refractivity contribution < 1.29 is 4.74 Å². The van der Waals surface area contributed by atoms with Gasteiger partial charge in [0.1, 0.15) is 5.75 Å². The molecule has 2 aliphatic heterocycles. The first-order valence-electron chi connectivity index (χ1n) is 8.33. The van der Waals surface area contributed by atoms with Crippen LogP contribution >= 0.6 is 23.2 Å². The molecule has 4 heteroatoms. The number of piperidine rings is 1. The SMILES string of the molecule is Clc1cc(Cl)c2c(c1)C=C1CCCC[C@@]1(N1CCCCC1)O2. The summed E-state index contributed by atoms with van der Waals surface area (Å²) in [7, 11) is 0. The highest BCUT2D eigenvalue weighted by molar-refractivity contribution is 6.36. The number of likely N-dealkylation sites (tertiary alicyclic amines) is 1. The lowest BCUT2D eigenvalue weighted by molar-refractivity contribution is -0.0820. The van der Waals surface area contributed by atoms with Crippen LogP contribution in [0.1, 0.15) is 50.5 Å². The summed E-state index contributed by atoms with van der Waals surface area (Å²) in [6.07, 6.45) is 10.8. The Morgan fingerprint density at radius 2 is 1.82 bits per heavy atom. The van der Waals surface area contributed by atoms with Gasteiger partial charge < -0.3 is 4.74 Å². The highest BCUT2D eigenvalue weighted by Gasteiger charge is 2.46. The number of nitrogens with zero attached hydrogens (tertiary/aromatic N) is 1. The van der Waals surface area contributed by atoms with Crippen LogP contribution in [0.2, 0.25) is 10.0 Å². The normalized spacial score (nSPS) is 28.4. The molecule has 1 aromatic rings. The molecule has 1 aliphatic carbocycles. The summed E-state index contributed by atoms with van der Waals surface area (Å²) in [6.45, 7) is 2.25. The van der Waals surface area contributed by atoms with Gasteiger partial charge in [-0.2, -0.15) is 0 Å². The van der Waals surface area contributed by atoms with Crippen molar-refractivity contribution in [2.24, 2.45) is 0 Å². The number of fused-ring (bicyclic) bond motifs is 2. The average molecular weight is 338 g/mol. The van der Waals surface area contributed by atoms with Crippen LogP contribution in [0.4, 0.5) is 0 Å². The molecule has 1 saturated carbocycles. The van der Waals surface area contributed by atoms with E-state index in [1.54, 1.807) is 6.07 Å². The zero-order valence-electron chi connectivity index (χ0n) is 12.7. The molecule has 1 saturated heterocycles. The number of rotatable bonds is 1. The summed E-state index contributed by atoms with van der Waals surface area (Å²) >= 11 is 12.6. The Labute approximate surface area is 142 Å². The van der Waals surface area contributed by atoms with Crippen molar-refractivity contribution in [3.8, 4) is 5.75 Å². The van der Waals surface area contributed by atoms with Gasteiger partial charge in [-0.1, -0.05) is 29.6 Å². The van der Waals surface area contributed by atoms with E-state index in [4.69, 9.17) is 27.9 Å². The fourth-order valence-corrected chi connectivity index (χ4v) is 4.72. The third kappa shape index (κ3) is 2.36. The second-order valence-corrected chi connectivity index (χ2v) is 7.46. The van der Waals surface area contributed by atoms with Crippen molar-refractivity contribution in [2.45, 2.75) is 50.7 Å². The number of hydrogen-bond acceptors (Lipinski definition) is 2. The van der Waals surface area contributed by atoms with Crippen LogP contribution in [0.5, 0.6) is 5.75 Å². The first-order chi connectivity index (χ1) is 10.7. The minimum absolute atomic E-state index is 0.261. The van der Waals surface area contributed by atoms with Gasteiger partial charge in [-0.25, -0.2) is 0 Å². The van der Waals surface area contributed by atoms with E-state index in [-0.39, 0.29) is 5.72 Å². The van der Waals surface area contributed by atoms with Crippen LogP contribution in [0.15, 0.2) is 17.7 Å².